The number of hydrogen-bond donors (Lipinski definition) is 1. The molecule has 0 spiro atoms. The molecule has 2 heteroatoms. The summed E-state index contributed by atoms with van der Waals surface area (Å²) in [5, 5.41) is 4.01. The van der Waals surface area contributed by atoms with E-state index in [4.69, 9.17) is 0 Å². The lowest BCUT2D eigenvalue weighted by Crippen LogP contribution is -2.76. The highest BCUT2D eigenvalue weighted by atomic mass is 15.3. The molecule has 3 aliphatic rings. The zero-order valence-electron chi connectivity index (χ0n) is 17.1. The molecule has 1 heterocycles. The molecule has 2 saturated carbocycles. The summed E-state index contributed by atoms with van der Waals surface area (Å²) in [5.41, 5.74) is 0.457. The summed E-state index contributed by atoms with van der Waals surface area (Å²) in [6, 6.07) is 1.57. The first-order valence-corrected chi connectivity index (χ1v) is 11.0. The Hall–Kier alpha value is -0.0800. The Morgan fingerprint density at radius 3 is 2.50 bits per heavy atom. The normalized spacial score (nSPS) is 46.8. The van der Waals surface area contributed by atoms with Gasteiger partial charge in [0, 0.05) is 17.6 Å². The Labute approximate surface area is 151 Å². The van der Waals surface area contributed by atoms with Gasteiger partial charge in [-0.1, -0.05) is 41.0 Å². The Bertz CT molecular complexity index is 420. The maximum absolute atomic E-state index is 4.01. The van der Waals surface area contributed by atoms with Gasteiger partial charge in [-0.05, 0) is 81.7 Å². The van der Waals surface area contributed by atoms with Crippen LogP contribution in [0.25, 0.3) is 0 Å². The number of nitrogens with zero attached hydrogens (tertiary/aromatic N) is 1. The molecule has 0 aromatic heterocycles. The summed E-state index contributed by atoms with van der Waals surface area (Å²) in [5.74, 6) is 4.63. The summed E-state index contributed by atoms with van der Waals surface area (Å²) in [7, 11) is 2.45. The van der Waals surface area contributed by atoms with Gasteiger partial charge in [0.15, 0.2) is 0 Å². The standard InChI is InChI=1S/C22H42N2/c1-7-12-23-19-11-10-17-13-15(4)20(17)21(19)22(16(5)8-2)14-18(9-3)24(22)6/h15-21,23H,7-14H2,1-6H3. The van der Waals surface area contributed by atoms with E-state index in [1.807, 2.05) is 0 Å². The fraction of sp³-hybridized carbons (Fsp3) is 1.00. The largest absolute Gasteiger partial charge is 0.314 e. The first-order valence-electron chi connectivity index (χ1n) is 11.0. The van der Waals surface area contributed by atoms with E-state index in [2.05, 4.69) is 51.9 Å². The molecule has 0 radical (unpaired) electrons. The molecule has 3 rings (SSSR count). The van der Waals surface area contributed by atoms with Crippen molar-refractivity contribution in [1.82, 2.24) is 10.2 Å². The monoisotopic (exact) mass is 334 g/mol. The average Bonchev–Trinajstić information content (AvgIpc) is 2.58. The third kappa shape index (κ3) is 2.67. The minimum absolute atomic E-state index is 0.457. The lowest BCUT2D eigenvalue weighted by atomic mass is 9.45. The molecule has 0 aromatic rings. The molecule has 8 atom stereocenters. The molecule has 1 saturated heterocycles. The first kappa shape index (κ1) is 18.7. The van der Waals surface area contributed by atoms with Crippen molar-refractivity contribution in [1.29, 1.82) is 0 Å². The van der Waals surface area contributed by atoms with E-state index in [-0.39, 0.29) is 0 Å². The summed E-state index contributed by atoms with van der Waals surface area (Å²) in [6.45, 7) is 13.4. The number of hydrogen-bond acceptors (Lipinski definition) is 2. The third-order valence-corrected chi connectivity index (χ3v) is 8.51. The van der Waals surface area contributed by atoms with Crippen LogP contribution in [0.2, 0.25) is 0 Å². The van der Waals surface area contributed by atoms with Gasteiger partial charge in [0.25, 0.3) is 0 Å². The molecule has 140 valence electrons. The van der Waals surface area contributed by atoms with Crippen molar-refractivity contribution in [3.63, 3.8) is 0 Å². The van der Waals surface area contributed by atoms with Gasteiger partial charge in [-0.15, -0.1) is 0 Å². The topological polar surface area (TPSA) is 15.3 Å². The summed E-state index contributed by atoms with van der Waals surface area (Å²) >= 11 is 0. The maximum Gasteiger partial charge on any atom is 0.0295 e. The van der Waals surface area contributed by atoms with E-state index in [0.717, 1.165) is 41.7 Å². The smallest absolute Gasteiger partial charge is 0.0295 e. The highest BCUT2D eigenvalue weighted by molar-refractivity contribution is 5.17. The first-order chi connectivity index (χ1) is 11.5. The minimum Gasteiger partial charge on any atom is -0.314 e. The second kappa shape index (κ2) is 7.27. The Morgan fingerprint density at radius 1 is 1.21 bits per heavy atom. The zero-order valence-corrected chi connectivity index (χ0v) is 17.1. The van der Waals surface area contributed by atoms with Gasteiger partial charge in [-0.3, -0.25) is 4.90 Å². The number of nitrogens with one attached hydrogen (secondary N) is 1. The van der Waals surface area contributed by atoms with Crippen LogP contribution >= 0.6 is 0 Å². The van der Waals surface area contributed by atoms with Crippen LogP contribution in [0.1, 0.15) is 79.6 Å². The highest BCUT2D eigenvalue weighted by Crippen LogP contribution is 2.61. The molecule has 0 amide bonds. The predicted molar refractivity (Wildman–Crippen MR) is 104 cm³/mol. The van der Waals surface area contributed by atoms with Crippen molar-refractivity contribution in [2.24, 2.45) is 29.6 Å². The van der Waals surface area contributed by atoms with E-state index in [9.17, 15) is 0 Å². The summed E-state index contributed by atoms with van der Waals surface area (Å²) in [6.07, 6.45) is 9.74. The third-order valence-electron chi connectivity index (χ3n) is 8.51. The van der Waals surface area contributed by atoms with Crippen LogP contribution in [0.3, 0.4) is 0 Å². The molecular weight excluding hydrogens is 292 g/mol. The molecule has 0 aromatic carbocycles. The molecule has 8 unspecified atom stereocenters. The van der Waals surface area contributed by atoms with E-state index >= 15 is 0 Å². The van der Waals surface area contributed by atoms with Crippen molar-refractivity contribution >= 4 is 0 Å². The van der Waals surface area contributed by atoms with E-state index in [0.29, 0.717) is 5.54 Å². The Kier molecular flexibility index (Phi) is 5.67. The Balaban J connectivity index is 1.92. The van der Waals surface area contributed by atoms with Gasteiger partial charge in [-0.25, -0.2) is 0 Å². The van der Waals surface area contributed by atoms with Crippen molar-refractivity contribution in [3.05, 3.63) is 0 Å². The summed E-state index contributed by atoms with van der Waals surface area (Å²) < 4.78 is 0. The highest BCUT2D eigenvalue weighted by Gasteiger charge is 2.63. The van der Waals surface area contributed by atoms with Gasteiger partial charge in [0.05, 0.1) is 0 Å². The molecule has 2 nitrogen and oxygen atoms in total. The van der Waals surface area contributed by atoms with Crippen LogP contribution in [0.5, 0.6) is 0 Å². The SMILES string of the molecule is CCCNC1CCC2CC(C)C2C1C1(C(C)CC)CC(CC)N1C. The van der Waals surface area contributed by atoms with Crippen LogP contribution in [-0.2, 0) is 0 Å². The van der Waals surface area contributed by atoms with E-state index in [1.54, 1.807) is 0 Å². The number of likely N-dealkylation sites (tertiary alicyclic amines) is 1. The van der Waals surface area contributed by atoms with E-state index in [1.165, 1.54) is 51.5 Å². The average molecular weight is 335 g/mol. The number of fused-ring (bicyclic) bond motifs is 1. The fourth-order valence-electron chi connectivity index (χ4n) is 7.01. The quantitative estimate of drug-likeness (QED) is 0.709. The lowest BCUT2D eigenvalue weighted by Gasteiger charge is -2.70. The predicted octanol–water partition coefficient (Wildman–Crippen LogP) is 4.94. The molecule has 24 heavy (non-hydrogen) atoms. The maximum atomic E-state index is 4.01. The Morgan fingerprint density at radius 2 is 1.96 bits per heavy atom. The van der Waals surface area contributed by atoms with Gasteiger partial charge in [0.1, 0.15) is 0 Å². The number of rotatable bonds is 7. The molecule has 1 N–H and O–H groups in total. The van der Waals surface area contributed by atoms with Gasteiger partial charge >= 0.3 is 0 Å². The molecule has 0 bridgehead atoms. The van der Waals surface area contributed by atoms with Crippen molar-refractivity contribution in [2.75, 3.05) is 13.6 Å². The molecular formula is C22H42N2. The lowest BCUT2D eigenvalue weighted by molar-refractivity contribution is -0.190. The van der Waals surface area contributed by atoms with Crippen molar-refractivity contribution in [2.45, 2.75) is 97.2 Å². The van der Waals surface area contributed by atoms with Gasteiger partial charge in [0.2, 0.25) is 0 Å². The van der Waals surface area contributed by atoms with Crippen molar-refractivity contribution < 1.29 is 0 Å². The van der Waals surface area contributed by atoms with Gasteiger partial charge < -0.3 is 5.32 Å². The van der Waals surface area contributed by atoms with Crippen LogP contribution < -0.4 is 5.32 Å². The van der Waals surface area contributed by atoms with Gasteiger partial charge in [-0.2, -0.15) is 0 Å². The van der Waals surface area contributed by atoms with Crippen LogP contribution in [0.4, 0.5) is 0 Å². The molecule has 2 aliphatic carbocycles. The van der Waals surface area contributed by atoms with Crippen LogP contribution in [0.15, 0.2) is 0 Å². The molecule has 1 aliphatic heterocycles. The van der Waals surface area contributed by atoms with Crippen molar-refractivity contribution in [3.8, 4) is 0 Å². The second-order valence-electron chi connectivity index (χ2n) is 9.39. The summed E-state index contributed by atoms with van der Waals surface area (Å²) in [4.78, 5) is 2.83. The minimum atomic E-state index is 0.457. The van der Waals surface area contributed by atoms with Crippen LogP contribution in [-0.4, -0.2) is 36.1 Å². The second-order valence-corrected chi connectivity index (χ2v) is 9.39. The molecule has 3 fully saturated rings. The van der Waals surface area contributed by atoms with Crippen LogP contribution in [0, 0.1) is 29.6 Å². The zero-order chi connectivity index (χ0) is 17.5. The fourth-order valence-corrected chi connectivity index (χ4v) is 7.01. The van der Waals surface area contributed by atoms with E-state index < -0.39 is 0 Å².